The Hall–Kier alpha value is -3.30. The number of hydroxylamine groups is 2. The summed E-state index contributed by atoms with van der Waals surface area (Å²) in [5.41, 5.74) is -0.587. The van der Waals surface area contributed by atoms with E-state index in [1.807, 2.05) is 0 Å². The van der Waals surface area contributed by atoms with Gasteiger partial charge in [-0.2, -0.15) is 0 Å². The van der Waals surface area contributed by atoms with Crippen molar-refractivity contribution in [2.45, 2.75) is 20.4 Å². The van der Waals surface area contributed by atoms with Crippen LogP contribution in [0.3, 0.4) is 0 Å². The number of halogens is 1. The summed E-state index contributed by atoms with van der Waals surface area (Å²) in [5.74, 6) is -1.62. The van der Waals surface area contributed by atoms with E-state index in [0.29, 0.717) is 5.56 Å². The summed E-state index contributed by atoms with van der Waals surface area (Å²) in [7, 11) is 0. The van der Waals surface area contributed by atoms with Crippen LogP contribution in [-0.4, -0.2) is 34.3 Å². The number of fused-ring (bicyclic) bond motifs is 1. The highest BCUT2D eigenvalue weighted by Gasteiger charge is 2.42. The number of hydrogen-bond acceptors (Lipinski definition) is 6. The zero-order valence-electron chi connectivity index (χ0n) is 16.0. The van der Waals surface area contributed by atoms with Crippen molar-refractivity contribution in [2.24, 2.45) is 5.41 Å². The van der Waals surface area contributed by atoms with Gasteiger partial charge in [-0.05, 0) is 37.6 Å². The van der Waals surface area contributed by atoms with Crippen LogP contribution in [0, 0.1) is 15.5 Å². The van der Waals surface area contributed by atoms with Gasteiger partial charge in [0.25, 0.3) is 23.4 Å². The Kier molecular flexibility index (Phi) is 4.59. The second-order valence-corrected chi connectivity index (χ2v) is 8.08. The van der Waals surface area contributed by atoms with E-state index in [0.717, 1.165) is 4.90 Å². The zero-order chi connectivity index (χ0) is 21.8. The van der Waals surface area contributed by atoms with E-state index < -0.39 is 27.8 Å². The van der Waals surface area contributed by atoms with E-state index >= 15 is 0 Å². The van der Waals surface area contributed by atoms with Gasteiger partial charge in [-0.15, -0.1) is 0 Å². The van der Waals surface area contributed by atoms with Crippen LogP contribution in [0.4, 0.5) is 11.4 Å². The van der Waals surface area contributed by atoms with Crippen molar-refractivity contribution in [3.8, 4) is 0 Å². The van der Waals surface area contributed by atoms with Crippen LogP contribution in [-0.2, 0) is 16.2 Å². The van der Waals surface area contributed by atoms with Gasteiger partial charge in [0.1, 0.15) is 5.56 Å². The monoisotopic (exact) mass is 429 g/mol. The Morgan fingerprint density at radius 2 is 1.90 bits per heavy atom. The van der Waals surface area contributed by atoms with E-state index in [9.17, 15) is 24.5 Å². The van der Waals surface area contributed by atoms with E-state index in [2.05, 4.69) is 0 Å². The Labute approximate surface area is 175 Å². The van der Waals surface area contributed by atoms with Crippen molar-refractivity contribution in [2.75, 3.05) is 11.5 Å². The number of carbonyl (C=O) groups excluding carboxylic acids is 3. The molecule has 3 amide bonds. The summed E-state index contributed by atoms with van der Waals surface area (Å²) in [6.07, 6.45) is 0. The number of imide groups is 1. The molecule has 154 valence electrons. The Balaban J connectivity index is 1.63. The second kappa shape index (κ2) is 6.89. The van der Waals surface area contributed by atoms with Crippen LogP contribution >= 0.6 is 11.6 Å². The largest absolute Gasteiger partial charge is 0.283 e. The summed E-state index contributed by atoms with van der Waals surface area (Å²) in [6.45, 7) is 3.92. The molecule has 10 heteroatoms. The van der Waals surface area contributed by atoms with Crippen molar-refractivity contribution in [3.05, 3.63) is 68.2 Å². The van der Waals surface area contributed by atoms with Crippen molar-refractivity contribution in [1.82, 2.24) is 5.06 Å². The third-order valence-electron chi connectivity index (χ3n) is 5.09. The van der Waals surface area contributed by atoms with E-state index in [1.54, 1.807) is 19.9 Å². The first kappa shape index (κ1) is 20.0. The lowest BCUT2D eigenvalue weighted by Gasteiger charge is -2.19. The fourth-order valence-electron chi connectivity index (χ4n) is 3.43. The number of rotatable bonds is 4. The lowest BCUT2D eigenvalue weighted by molar-refractivity contribution is -0.385. The van der Waals surface area contributed by atoms with Gasteiger partial charge in [0.2, 0.25) is 0 Å². The van der Waals surface area contributed by atoms with Crippen LogP contribution in [0.25, 0.3) is 0 Å². The molecule has 2 aromatic rings. The first-order valence-electron chi connectivity index (χ1n) is 9.01. The number of nitro groups is 1. The fraction of sp³-hybridized carbons (Fsp3) is 0.250. The van der Waals surface area contributed by atoms with Crippen molar-refractivity contribution >= 4 is 40.7 Å². The van der Waals surface area contributed by atoms with Gasteiger partial charge in [0, 0.05) is 11.1 Å². The normalized spacial score (nSPS) is 17.6. The summed E-state index contributed by atoms with van der Waals surface area (Å²) in [6, 6.07) is 8.40. The molecule has 4 rings (SSSR count). The summed E-state index contributed by atoms with van der Waals surface area (Å²) < 4.78 is 0. The Morgan fingerprint density at radius 3 is 2.50 bits per heavy atom. The topological polar surface area (TPSA) is 110 Å². The van der Waals surface area contributed by atoms with Crippen molar-refractivity contribution in [1.29, 1.82) is 0 Å². The highest BCUT2D eigenvalue weighted by Crippen LogP contribution is 2.36. The van der Waals surface area contributed by atoms with Gasteiger partial charge in [-0.25, -0.2) is 9.96 Å². The Morgan fingerprint density at radius 1 is 1.17 bits per heavy atom. The highest BCUT2D eigenvalue weighted by molar-refractivity contribution is 6.36. The lowest BCUT2D eigenvalue weighted by atomic mass is 9.95. The summed E-state index contributed by atoms with van der Waals surface area (Å²) in [5, 5.41) is 12.7. The van der Waals surface area contributed by atoms with Crippen LogP contribution in [0.1, 0.15) is 40.1 Å². The van der Waals surface area contributed by atoms with Crippen LogP contribution in [0.5, 0.6) is 0 Å². The molecule has 2 aromatic carbocycles. The fourth-order valence-corrected chi connectivity index (χ4v) is 3.66. The predicted octanol–water partition coefficient (Wildman–Crippen LogP) is 3.35. The molecule has 0 bridgehead atoms. The summed E-state index contributed by atoms with van der Waals surface area (Å²) in [4.78, 5) is 54.7. The minimum absolute atomic E-state index is 0.0345. The molecule has 0 spiro atoms. The zero-order valence-corrected chi connectivity index (χ0v) is 16.8. The van der Waals surface area contributed by atoms with Crippen molar-refractivity contribution in [3.63, 3.8) is 0 Å². The predicted molar refractivity (Wildman–Crippen MR) is 106 cm³/mol. The third kappa shape index (κ3) is 3.03. The van der Waals surface area contributed by atoms with Crippen molar-refractivity contribution < 1.29 is 24.1 Å². The molecule has 1 fully saturated rings. The SMILES string of the molecule is CC1(C)CON(Cc2ccc(N3C(=O)c4cccc([N+](=O)[O-])c4C3=O)cc2Cl)C1=O. The summed E-state index contributed by atoms with van der Waals surface area (Å²) >= 11 is 6.34. The number of nitro benzene ring substituents is 1. The first-order chi connectivity index (χ1) is 14.1. The van der Waals surface area contributed by atoms with E-state index in [4.69, 9.17) is 16.4 Å². The average Bonchev–Trinajstić information content (AvgIpc) is 3.10. The van der Waals surface area contributed by atoms with Gasteiger partial charge in [0.05, 0.1) is 34.7 Å². The molecular weight excluding hydrogens is 414 g/mol. The molecule has 2 aliphatic rings. The van der Waals surface area contributed by atoms with E-state index in [-0.39, 0.29) is 40.9 Å². The molecule has 2 aliphatic heterocycles. The number of carbonyl (C=O) groups is 3. The minimum atomic E-state index is -0.786. The molecule has 9 nitrogen and oxygen atoms in total. The molecule has 0 aliphatic carbocycles. The molecular formula is C20H16ClN3O6. The first-order valence-corrected chi connectivity index (χ1v) is 9.39. The number of amides is 3. The Bertz CT molecular complexity index is 1130. The maximum atomic E-state index is 12.8. The molecule has 0 atom stereocenters. The number of benzene rings is 2. The van der Waals surface area contributed by atoms with Crippen LogP contribution < -0.4 is 4.90 Å². The molecule has 0 saturated carbocycles. The van der Waals surface area contributed by atoms with Gasteiger partial charge in [-0.1, -0.05) is 23.7 Å². The molecule has 30 heavy (non-hydrogen) atoms. The molecule has 2 heterocycles. The highest BCUT2D eigenvalue weighted by atomic mass is 35.5. The number of hydrogen-bond donors (Lipinski definition) is 0. The van der Waals surface area contributed by atoms with E-state index in [1.165, 1.54) is 35.4 Å². The van der Waals surface area contributed by atoms with Gasteiger partial charge in [0.15, 0.2) is 0 Å². The van der Waals surface area contributed by atoms with Gasteiger partial charge >= 0.3 is 0 Å². The lowest BCUT2D eigenvalue weighted by Crippen LogP contribution is -2.31. The van der Waals surface area contributed by atoms with Gasteiger partial charge < -0.3 is 0 Å². The molecule has 0 radical (unpaired) electrons. The third-order valence-corrected chi connectivity index (χ3v) is 5.44. The molecule has 0 N–H and O–H groups in total. The minimum Gasteiger partial charge on any atom is -0.272 e. The molecule has 1 saturated heterocycles. The maximum Gasteiger partial charge on any atom is 0.283 e. The standard InChI is InChI=1S/C20H16ClN3O6/c1-20(2)10-30-22(19(20)27)9-11-6-7-12(8-14(11)21)23-17(25)13-4-3-5-15(24(28)29)16(13)18(23)26/h3-8H,9-10H2,1-2H3. The molecule has 0 unspecified atom stereocenters. The second-order valence-electron chi connectivity index (χ2n) is 7.68. The van der Waals surface area contributed by atoms with Crippen LogP contribution in [0.2, 0.25) is 5.02 Å². The van der Waals surface area contributed by atoms with Gasteiger partial charge in [-0.3, -0.25) is 29.3 Å². The number of anilines is 1. The average molecular weight is 430 g/mol. The smallest absolute Gasteiger partial charge is 0.272 e. The number of nitrogens with zero attached hydrogens (tertiary/aromatic N) is 3. The quantitative estimate of drug-likeness (QED) is 0.418. The maximum absolute atomic E-state index is 12.8. The molecule has 0 aromatic heterocycles. The van der Waals surface area contributed by atoms with Crippen LogP contribution in [0.15, 0.2) is 36.4 Å².